The van der Waals surface area contributed by atoms with Crippen LogP contribution in [0.25, 0.3) is 0 Å². The van der Waals surface area contributed by atoms with Crippen molar-refractivity contribution in [1.82, 2.24) is 4.13 Å². The molecule has 0 aliphatic rings. The van der Waals surface area contributed by atoms with Gasteiger partial charge in [0.1, 0.15) is 0 Å². The Bertz CT molecular complexity index is 705. The summed E-state index contributed by atoms with van der Waals surface area (Å²) >= 11 is -0.611. The molecule has 121 valence electrons. The Kier molecular flexibility index (Phi) is 6.96. The molecule has 1 rings (SSSR count). The second-order valence-corrected chi connectivity index (χ2v) is 8.52. The van der Waals surface area contributed by atoms with Gasteiger partial charge in [-0.3, -0.25) is 0 Å². The molecule has 0 unspecified atom stereocenters. The fraction of sp³-hybridized carbons (Fsp3) is 0.250. The van der Waals surface area contributed by atoms with Gasteiger partial charge in [0, 0.05) is 23.8 Å². The van der Waals surface area contributed by atoms with Gasteiger partial charge in [0.25, 0.3) is 0 Å². The molecule has 1 aromatic carbocycles. The quantitative estimate of drug-likeness (QED) is 0.480. The topological polar surface area (TPSA) is 80.3 Å². The second kappa shape index (κ2) is 7.06. The van der Waals surface area contributed by atoms with Gasteiger partial charge < -0.3 is 0 Å². The number of hydrogen-bond acceptors (Lipinski definition) is 5. The maximum atomic E-state index is 13.5. The average molecular weight is 378 g/mol. The fourth-order valence-electron chi connectivity index (χ4n) is 0.921. The van der Waals surface area contributed by atoms with Crippen LogP contribution in [0.15, 0.2) is 35.2 Å². The van der Waals surface area contributed by atoms with E-state index in [0.29, 0.717) is 0 Å². The van der Waals surface area contributed by atoms with Crippen molar-refractivity contribution in [2.45, 2.75) is 15.0 Å². The molecule has 0 spiro atoms. The zero-order valence-electron chi connectivity index (χ0n) is 10.6. The van der Waals surface area contributed by atoms with Gasteiger partial charge in [-0.2, -0.15) is 22.0 Å². The van der Waals surface area contributed by atoms with Crippen LogP contribution in [0.2, 0.25) is 0 Å². The summed E-state index contributed by atoms with van der Waals surface area (Å²) in [6, 6.07) is 6.15. The summed E-state index contributed by atoms with van der Waals surface area (Å²) in [5.74, 6) is 0. The predicted molar refractivity (Wildman–Crippen MR) is 70.0 cm³/mol. The van der Waals surface area contributed by atoms with Crippen LogP contribution < -0.4 is 4.13 Å². The maximum absolute atomic E-state index is 13.5. The average Bonchev–Trinajstić information content (AvgIpc) is 2.26. The summed E-state index contributed by atoms with van der Waals surface area (Å²) in [6.45, 7) is 0. The molecule has 0 bridgehead atoms. The minimum Gasteiger partial charge on any atom is -0.204 e. The van der Waals surface area contributed by atoms with Crippen molar-refractivity contribution in [1.29, 1.82) is 0 Å². The van der Waals surface area contributed by atoms with Crippen LogP contribution >= 0.6 is 11.8 Å². The number of hydrogen-bond donors (Lipinski definition) is 1. The molecule has 0 atom stereocenters. The Balaban J connectivity index is 0.00000441. The van der Waals surface area contributed by atoms with Crippen molar-refractivity contribution in [3.05, 3.63) is 30.3 Å². The second-order valence-electron chi connectivity index (χ2n) is 3.41. The molecule has 1 aromatic rings. The normalized spacial score (nSPS) is 13.5. The van der Waals surface area contributed by atoms with Gasteiger partial charge in [0.05, 0.1) is 0 Å². The van der Waals surface area contributed by atoms with E-state index in [9.17, 15) is 38.8 Å². The molecule has 5 nitrogen and oxygen atoms in total. The molecule has 1 N–H and O–H groups in total. The van der Waals surface area contributed by atoms with Gasteiger partial charge in [-0.1, -0.05) is 22.3 Å². The first-order valence-corrected chi connectivity index (χ1v) is 8.53. The third-order valence-corrected chi connectivity index (χ3v) is 6.46. The van der Waals surface area contributed by atoms with E-state index in [-0.39, 0.29) is 27.9 Å². The van der Waals surface area contributed by atoms with Gasteiger partial charge in [-0.15, -0.1) is 0 Å². The number of sulfonamides is 2. The summed E-state index contributed by atoms with van der Waals surface area (Å²) in [4.78, 5) is -0.280. The van der Waals surface area contributed by atoms with Gasteiger partial charge in [-0.25, -0.2) is 16.8 Å². The molecular formula is C8H6F5LiNO4S3. The predicted octanol–water partition coefficient (Wildman–Crippen LogP) is 1.72. The molecule has 22 heavy (non-hydrogen) atoms. The third-order valence-electron chi connectivity index (χ3n) is 1.82. The van der Waals surface area contributed by atoms with Crippen molar-refractivity contribution in [3.63, 3.8) is 0 Å². The van der Waals surface area contributed by atoms with Crippen LogP contribution in [0.5, 0.6) is 0 Å². The zero-order chi connectivity index (χ0) is 16.5. The molecule has 1 radical (unpaired) electrons. The molecule has 0 fully saturated rings. The molecular weight excluding hydrogens is 372 g/mol. The molecule has 0 aliphatic carbocycles. The minimum atomic E-state index is -6.46. The first kappa shape index (κ1) is 21.7. The Morgan fingerprint density at radius 3 is 1.73 bits per heavy atom. The van der Waals surface area contributed by atoms with Crippen molar-refractivity contribution in [3.8, 4) is 0 Å². The maximum Gasteiger partial charge on any atom is 0.512 e. The van der Waals surface area contributed by atoms with E-state index in [2.05, 4.69) is 0 Å². The standard InChI is InChI=1S/C8H6F5NO4S3.Li/c9-7(10,11)20(15,16)14-21(17,18)8(12,13)19-6-4-2-1-3-5-6;/h1-5,14H;. The SMILES string of the molecule is O=S(=O)(NS(=O)(=O)C(F)(F)Sc1ccccc1)C(F)(F)F.[Li]. The molecule has 0 aliphatic heterocycles. The molecule has 0 saturated heterocycles. The van der Waals surface area contributed by atoms with E-state index in [0.717, 1.165) is 12.1 Å². The van der Waals surface area contributed by atoms with Gasteiger partial charge in [0.15, 0.2) is 0 Å². The number of rotatable bonds is 5. The van der Waals surface area contributed by atoms with Crippen LogP contribution in [0.1, 0.15) is 0 Å². The first-order valence-electron chi connectivity index (χ1n) is 4.75. The van der Waals surface area contributed by atoms with E-state index >= 15 is 0 Å². The smallest absolute Gasteiger partial charge is 0.204 e. The van der Waals surface area contributed by atoms with Crippen LogP contribution in [-0.4, -0.2) is 45.8 Å². The van der Waals surface area contributed by atoms with E-state index in [1.165, 1.54) is 18.2 Å². The van der Waals surface area contributed by atoms with Crippen LogP contribution in [0.3, 0.4) is 0 Å². The Morgan fingerprint density at radius 1 is 0.864 bits per heavy atom. The summed E-state index contributed by atoms with van der Waals surface area (Å²) in [5, 5.41) is 0. The Morgan fingerprint density at radius 2 is 1.32 bits per heavy atom. The van der Waals surface area contributed by atoms with E-state index < -0.39 is 41.9 Å². The van der Waals surface area contributed by atoms with E-state index in [1.54, 1.807) is 0 Å². The molecule has 0 saturated carbocycles. The Hall–Kier alpha value is -0.323. The molecule has 0 aromatic heterocycles. The Labute approximate surface area is 138 Å². The van der Waals surface area contributed by atoms with Crippen LogP contribution in [-0.2, 0) is 20.0 Å². The van der Waals surface area contributed by atoms with Crippen molar-refractivity contribution in [2.24, 2.45) is 0 Å². The molecule has 14 heteroatoms. The van der Waals surface area contributed by atoms with Gasteiger partial charge >= 0.3 is 30.1 Å². The summed E-state index contributed by atoms with van der Waals surface area (Å²) in [5.41, 5.74) is -6.03. The van der Waals surface area contributed by atoms with Crippen molar-refractivity contribution < 1.29 is 38.8 Å². The monoisotopic (exact) mass is 378 g/mol. The summed E-state index contributed by atoms with van der Waals surface area (Å²) in [7, 11) is -12.6. The van der Waals surface area contributed by atoms with Crippen molar-refractivity contribution >= 4 is 50.7 Å². The fourth-order valence-corrected chi connectivity index (χ4v) is 4.44. The number of thioether (sulfide) groups is 1. The summed E-state index contributed by atoms with van der Waals surface area (Å²) < 4.78 is 102. The number of alkyl halides is 5. The molecule has 0 amide bonds. The van der Waals surface area contributed by atoms with Crippen molar-refractivity contribution in [2.75, 3.05) is 0 Å². The van der Waals surface area contributed by atoms with E-state index in [1.807, 2.05) is 0 Å². The van der Waals surface area contributed by atoms with Crippen LogP contribution in [0, 0.1) is 0 Å². The summed E-state index contributed by atoms with van der Waals surface area (Å²) in [6.07, 6.45) is 0. The number of benzene rings is 1. The zero-order valence-corrected chi connectivity index (χ0v) is 13.1. The number of nitrogens with one attached hydrogen (secondary N) is 1. The first-order chi connectivity index (χ1) is 9.29. The molecule has 0 heterocycles. The van der Waals surface area contributed by atoms with Gasteiger partial charge in [-0.05, 0) is 23.9 Å². The third kappa shape index (κ3) is 5.10. The number of halogens is 5. The van der Waals surface area contributed by atoms with Gasteiger partial charge in [0.2, 0.25) is 0 Å². The minimum absolute atomic E-state index is 0. The largest absolute Gasteiger partial charge is 0.512 e. The van der Waals surface area contributed by atoms with E-state index in [4.69, 9.17) is 0 Å². The van der Waals surface area contributed by atoms with Crippen LogP contribution in [0.4, 0.5) is 22.0 Å².